The molecule has 34 heavy (non-hydrogen) atoms. The Morgan fingerprint density at radius 3 is 2.38 bits per heavy atom. The van der Waals surface area contributed by atoms with E-state index in [1.807, 2.05) is 30.1 Å². The van der Waals surface area contributed by atoms with Crippen LogP contribution in [0.25, 0.3) is 10.9 Å². The molecule has 0 aliphatic carbocycles. The summed E-state index contributed by atoms with van der Waals surface area (Å²) in [4.78, 5) is 25.1. The lowest BCUT2D eigenvalue weighted by Crippen LogP contribution is -2.50. The molecule has 9 heteroatoms. The van der Waals surface area contributed by atoms with Crippen LogP contribution >= 0.6 is 0 Å². The highest BCUT2D eigenvalue weighted by molar-refractivity contribution is 5.91. The summed E-state index contributed by atoms with van der Waals surface area (Å²) in [5.41, 5.74) is 7.99. The van der Waals surface area contributed by atoms with Gasteiger partial charge in [-0.3, -0.25) is 4.79 Å². The average molecular weight is 466 g/mol. The minimum Gasteiger partial charge on any atom is -0.493 e. The zero-order valence-corrected chi connectivity index (χ0v) is 19.8. The molecule has 0 radical (unpaired) electrons. The number of piperidine rings is 1. The van der Waals surface area contributed by atoms with E-state index in [0.717, 1.165) is 12.8 Å². The molecule has 3 aromatic rings. The molecule has 1 fully saturated rings. The minimum atomic E-state index is -0.462. The van der Waals surface area contributed by atoms with Crippen molar-refractivity contribution >= 4 is 28.6 Å². The molecule has 1 aliphatic rings. The van der Waals surface area contributed by atoms with Crippen molar-refractivity contribution in [2.45, 2.75) is 18.3 Å². The van der Waals surface area contributed by atoms with Crippen molar-refractivity contribution in [2.24, 2.45) is 0 Å². The normalized spacial score (nSPS) is 15.2. The van der Waals surface area contributed by atoms with Gasteiger partial charge in [-0.2, -0.15) is 4.98 Å². The third-order valence-electron chi connectivity index (χ3n) is 6.69. The maximum atomic E-state index is 12.0. The predicted molar refractivity (Wildman–Crippen MR) is 131 cm³/mol. The van der Waals surface area contributed by atoms with Crippen LogP contribution in [-0.4, -0.2) is 73.4 Å². The van der Waals surface area contributed by atoms with Crippen molar-refractivity contribution in [3.8, 4) is 11.5 Å². The second kappa shape index (κ2) is 9.72. The lowest BCUT2D eigenvalue weighted by atomic mass is 9.72. The highest BCUT2D eigenvalue weighted by Gasteiger charge is 2.38. The number of aliphatic hydroxyl groups excluding tert-OH is 1. The number of nitrogen functional groups attached to an aromatic ring is 1. The summed E-state index contributed by atoms with van der Waals surface area (Å²) in [6, 6.07) is 13.9. The SMILES string of the molecule is COc1cc2nc(N(C)CC3(c4ccccc4)CCN(C(=O)CO)CC3)nc(N)c2cc1OC. The van der Waals surface area contributed by atoms with Gasteiger partial charge in [-0.15, -0.1) is 0 Å². The molecule has 2 heterocycles. The molecule has 0 unspecified atom stereocenters. The van der Waals surface area contributed by atoms with Crippen LogP contribution < -0.4 is 20.1 Å². The smallest absolute Gasteiger partial charge is 0.248 e. The molecule has 0 bridgehead atoms. The van der Waals surface area contributed by atoms with E-state index in [1.165, 1.54) is 5.56 Å². The van der Waals surface area contributed by atoms with Gasteiger partial charge in [0.2, 0.25) is 11.9 Å². The van der Waals surface area contributed by atoms with Crippen molar-refractivity contribution in [2.75, 3.05) is 58.1 Å². The number of ether oxygens (including phenoxy) is 2. The number of likely N-dealkylation sites (N-methyl/N-ethyl adjacent to an activating group) is 1. The van der Waals surface area contributed by atoms with Crippen molar-refractivity contribution in [3.63, 3.8) is 0 Å². The lowest BCUT2D eigenvalue weighted by Gasteiger charge is -2.44. The first-order valence-corrected chi connectivity index (χ1v) is 11.3. The summed E-state index contributed by atoms with van der Waals surface area (Å²) in [6.07, 6.45) is 1.53. The molecule has 4 rings (SSSR count). The van der Waals surface area contributed by atoms with E-state index in [1.54, 1.807) is 31.3 Å². The molecule has 9 nitrogen and oxygen atoms in total. The third kappa shape index (κ3) is 4.43. The van der Waals surface area contributed by atoms with Crippen LogP contribution in [0.15, 0.2) is 42.5 Å². The van der Waals surface area contributed by atoms with Crippen molar-refractivity contribution in [1.29, 1.82) is 0 Å². The predicted octanol–water partition coefficient (Wildman–Crippen LogP) is 2.22. The van der Waals surface area contributed by atoms with Gasteiger partial charge in [-0.1, -0.05) is 30.3 Å². The number of nitrogens with zero attached hydrogens (tertiary/aromatic N) is 4. The molecule has 0 spiro atoms. The first-order valence-electron chi connectivity index (χ1n) is 11.3. The second-order valence-corrected chi connectivity index (χ2v) is 8.67. The fourth-order valence-electron chi connectivity index (χ4n) is 4.78. The second-order valence-electron chi connectivity index (χ2n) is 8.67. The summed E-state index contributed by atoms with van der Waals surface area (Å²) < 4.78 is 10.8. The minimum absolute atomic E-state index is 0.201. The van der Waals surface area contributed by atoms with E-state index in [0.29, 0.717) is 53.8 Å². The number of methoxy groups -OCH3 is 2. The van der Waals surface area contributed by atoms with E-state index in [4.69, 9.17) is 20.2 Å². The summed E-state index contributed by atoms with van der Waals surface area (Å²) in [5.74, 6) is 1.79. The number of hydrogen-bond acceptors (Lipinski definition) is 8. The van der Waals surface area contributed by atoms with Gasteiger partial charge in [0.1, 0.15) is 12.4 Å². The van der Waals surface area contributed by atoms with Crippen LogP contribution in [0, 0.1) is 0 Å². The Hall–Kier alpha value is -3.59. The van der Waals surface area contributed by atoms with E-state index in [2.05, 4.69) is 17.1 Å². The molecule has 0 atom stereocenters. The third-order valence-corrected chi connectivity index (χ3v) is 6.69. The fourth-order valence-corrected chi connectivity index (χ4v) is 4.78. The molecule has 1 amide bonds. The number of rotatable bonds is 7. The molecular weight excluding hydrogens is 434 g/mol. The van der Waals surface area contributed by atoms with Gasteiger partial charge in [0.25, 0.3) is 0 Å². The van der Waals surface area contributed by atoms with Gasteiger partial charge >= 0.3 is 0 Å². The van der Waals surface area contributed by atoms with Crippen LogP contribution in [0.2, 0.25) is 0 Å². The van der Waals surface area contributed by atoms with Gasteiger partial charge in [-0.25, -0.2) is 4.98 Å². The first-order chi connectivity index (χ1) is 16.4. The monoisotopic (exact) mass is 465 g/mol. The summed E-state index contributed by atoms with van der Waals surface area (Å²) in [7, 11) is 5.11. The Morgan fingerprint density at radius 2 is 1.76 bits per heavy atom. The molecule has 1 aromatic heterocycles. The summed E-state index contributed by atoms with van der Waals surface area (Å²) in [5, 5.41) is 9.96. The molecule has 1 aliphatic heterocycles. The number of benzene rings is 2. The zero-order chi connectivity index (χ0) is 24.3. The Morgan fingerprint density at radius 1 is 1.12 bits per heavy atom. The van der Waals surface area contributed by atoms with Gasteiger partial charge < -0.3 is 30.1 Å². The van der Waals surface area contributed by atoms with Gasteiger partial charge in [0.15, 0.2) is 11.5 Å². The highest BCUT2D eigenvalue weighted by atomic mass is 16.5. The van der Waals surface area contributed by atoms with Crippen molar-refractivity contribution < 1.29 is 19.4 Å². The number of hydrogen-bond donors (Lipinski definition) is 2. The number of amides is 1. The quantitative estimate of drug-likeness (QED) is 0.546. The topological polar surface area (TPSA) is 114 Å². The van der Waals surface area contributed by atoms with E-state index in [9.17, 15) is 9.90 Å². The van der Waals surface area contributed by atoms with E-state index < -0.39 is 6.61 Å². The maximum absolute atomic E-state index is 12.0. The zero-order valence-electron chi connectivity index (χ0n) is 19.8. The summed E-state index contributed by atoms with van der Waals surface area (Å²) in [6.45, 7) is 1.35. The maximum Gasteiger partial charge on any atom is 0.248 e. The Labute approximate surface area is 199 Å². The van der Waals surface area contributed by atoms with E-state index in [-0.39, 0.29) is 11.3 Å². The number of aliphatic hydroxyl groups is 1. The number of carbonyl (C=O) groups is 1. The number of fused-ring (bicyclic) bond motifs is 1. The summed E-state index contributed by atoms with van der Waals surface area (Å²) >= 11 is 0. The van der Waals surface area contributed by atoms with Crippen LogP contribution in [0.3, 0.4) is 0 Å². The Balaban J connectivity index is 1.67. The van der Waals surface area contributed by atoms with Gasteiger partial charge in [-0.05, 0) is 24.5 Å². The molecule has 0 saturated carbocycles. The fraction of sp³-hybridized carbons (Fsp3) is 0.400. The standard InChI is InChI=1S/C25H31N5O4/c1-29(24-27-19-14-21(34-3)20(33-2)13-18(19)23(26)28-24)16-25(17-7-5-4-6-8-17)9-11-30(12-10-25)22(32)15-31/h4-8,13-14,31H,9-12,15-16H2,1-3H3,(H2,26,27,28). The number of likely N-dealkylation sites (tertiary alicyclic amines) is 1. The molecule has 1 saturated heterocycles. The van der Waals surface area contributed by atoms with Gasteiger partial charge in [0, 0.05) is 43.5 Å². The van der Waals surface area contributed by atoms with Gasteiger partial charge in [0.05, 0.1) is 19.7 Å². The Bertz CT molecular complexity index is 1160. The number of anilines is 2. The van der Waals surface area contributed by atoms with Crippen molar-refractivity contribution in [1.82, 2.24) is 14.9 Å². The lowest BCUT2D eigenvalue weighted by molar-refractivity contribution is -0.135. The Kier molecular flexibility index (Phi) is 6.74. The van der Waals surface area contributed by atoms with Crippen LogP contribution in [0.1, 0.15) is 18.4 Å². The molecule has 2 aromatic carbocycles. The molecular formula is C25H31N5O4. The van der Waals surface area contributed by atoms with Crippen LogP contribution in [-0.2, 0) is 10.2 Å². The molecule has 3 N–H and O–H groups in total. The number of carbonyl (C=O) groups excluding carboxylic acids is 1. The highest BCUT2D eigenvalue weighted by Crippen LogP contribution is 2.38. The first kappa shape index (κ1) is 23.6. The largest absolute Gasteiger partial charge is 0.493 e. The van der Waals surface area contributed by atoms with Crippen molar-refractivity contribution in [3.05, 3.63) is 48.0 Å². The van der Waals surface area contributed by atoms with Crippen LogP contribution in [0.4, 0.5) is 11.8 Å². The number of aromatic nitrogens is 2. The average Bonchev–Trinajstić information content (AvgIpc) is 2.88. The van der Waals surface area contributed by atoms with Crippen LogP contribution in [0.5, 0.6) is 11.5 Å². The van der Waals surface area contributed by atoms with E-state index >= 15 is 0 Å². The molecule has 180 valence electrons. The number of nitrogens with two attached hydrogens (primary N) is 1.